The van der Waals surface area contributed by atoms with Gasteiger partial charge in [0, 0.05) is 30.1 Å². The maximum absolute atomic E-state index is 14.8. The van der Waals surface area contributed by atoms with Gasteiger partial charge in [0.25, 0.3) is 5.91 Å². The number of halogens is 1. The topological polar surface area (TPSA) is 99.6 Å². The van der Waals surface area contributed by atoms with E-state index in [1.165, 1.54) is 0 Å². The quantitative estimate of drug-likeness (QED) is 0.244. The van der Waals surface area contributed by atoms with Crippen LogP contribution in [0.15, 0.2) is 49.6 Å². The Bertz CT molecular complexity index is 1180. The number of rotatable bonds is 14. The smallest absolute Gasteiger partial charge is 0.253 e. The number of nitrogens with zero attached hydrogens (tertiary/aromatic N) is 3. The van der Waals surface area contributed by atoms with Crippen molar-refractivity contribution in [2.24, 2.45) is 17.8 Å². The minimum Gasteiger partial charge on any atom is -0.497 e. The number of carbonyl (C=O) groups is 3. The third-order valence-corrected chi connectivity index (χ3v) is 9.56. The summed E-state index contributed by atoms with van der Waals surface area (Å²) in [5.41, 5.74) is -0.608. The first-order chi connectivity index (χ1) is 20.1. The maximum atomic E-state index is 14.8. The van der Waals surface area contributed by atoms with Gasteiger partial charge in [0.05, 0.1) is 37.7 Å². The van der Waals surface area contributed by atoms with E-state index in [0.29, 0.717) is 37.4 Å². The average molecular weight is 647 g/mol. The molecule has 0 radical (unpaired) electrons. The second kappa shape index (κ2) is 13.3. The summed E-state index contributed by atoms with van der Waals surface area (Å²) in [6.45, 7) is 14.5. The van der Waals surface area contributed by atoms with Crippen LogP contribution in [0.4, 0.5) is 5.69 Å². The Morgan fingerprint density at radius 3 is 2.43 bits per heavy atom. The van der Waals surface area contributed by atoms with E-state index in [2.05, 4.69) is 29.1 Å². The predicted octanol–water partition coefficient (Wildman–Crippen LogP) is 3.79. The summed E-state index contributed by atoms with van der Waals surface area (Å²) in [5.74, 6) is -1.60. The molecule has 3 amide bonds. The van der Waals surface area contributed by atoms with Crippen molar-refractivity contribution in [2.75, 3.05) is 38.3 Å². The molecule has 3 heterocycles. The molecule has 1 aromatic rings. The number of benzene rings is 1. The Hall–Kier alpha value is -2.69. The van der Waals surface area contributed by atoms with Gasteiger partial charge in [-0.1, -0.05) is 48.9 Å². The van der Waals surface area contributed by atoms with Crippen LogP contribution in [-0.4, -0.2) is 94.6 Å². The highest BCUT2D eigenvalue weighted by atomic mass is 79.9. The Kier molecular flexibility index (Phi) is 10.2. The molecule has 9 nitrogen and oxygen atoms in total. The van der Waals surface area contributed by atoms with Gasteiger partial charge in [0.2, 0.25) is 11.8 Å². The van der Waals surface area contributed by atoms with E-state index in [4.69, 9.17) is 9.47 Å². The van der Waals surface area contributed by atoms with Crippen molar-refractivity contribution in [1.82, 2.24) is 9.80 Å². The first-order valence-corrected chi connectivity index (χ1v) is 15.7. The lowest BCUT2D eigenvalue weighted by Gasteiger charge is -2.40. The molecule has 3 saturated heterocycles. The Morgan fingerprint density at radius 1 is 1.21 bits per heavy atom. The number of hydrogen-bond acceptors (Lipinski definition) is 6. The number of ether oxygens (including phenoxy) is 2. The van der Waals surface area contributed by atoms with Crippen LogP contribution in [0.5, 0.6) is 5.75 Å². The molecule has 1 aromatic carbocycles. The lowest BCUT2D eigenvalue weighted by molar-refractivity contribution is -0.147. The Labute approximate surface area is 257 Å². The number of aliphatic hydroxyl groups is 1. The highest BCUT2D eigenvalue weighted by Gasteiger charge is 2.77. The van der Waals surface area contributed by atoms with Crippen LogP contribution in [0.25, 0.3) is 0 Å². The maximum Gasteiger partial charge on any atom is 0.253 e. The lowest BCUT2D eigenvalue weighted by Crippen LogP contribution is -2.59. The van der Waals surface area contributed by atoms with E-state index in [1.54, 1.807) is 58.2 Å². The third-order valence-electron chi connectivity index (χ3n) is 8.71. The largest absolute Gasteiger partial charge is 0.497 e. The van der Waals surface area contributed by atoms with Gasteiger partial charge in [0.15, 0.2) is 0 Å². The van der Waals surface area contributed by atoms with Crippen LogP contribution < -0.4 is 9.64 Å². The van der Waals surface area contributed by atoms with Crippen LogP contribution in [0, 0.1) is 17.8 Å². The normalized spacial score (nSPS) is 28.5. The highest BCUT2D eigenvalue weighted by Crippen LogP contribution is 2.61. The summed E-state index contributed by atoms with van der Waals surface area (Å²) in [4.78, 5) is 48.1. The summed E-state index contributed by atoms with van der Waals surface area (Å²) in [7, 11) is 1.58. The molecule has 3 fully saturated rings. The molecule has 0 aromatic heterocycles. The summed E-state index contributed by atoms with van der Waals surface area (Å²) < 4.78 is 12.0. The number of methoxy groups -OCH3 is 1. The number of alkyl halides is 1. The van der Waals surface area contributed by atoms with E-state index < -0.39 is 35.6 Å². The SMILES string of the molecule is C=CCN(CCC)C(=O)[C@H]1[C@@H]2OC3(CC2Br)C(C(=O)N(CC=C)c2ccc(OC)cc2)N([C@@H](CO)CC(C)C)C(=O)[C@H]13. The minimum atomic E-state index is -1.23. The first kappa shape index (κ1) is 32.2. The van der Waals surface area contributed by atoms with E-state index >= 15 is 0 Å². The molecule has 1 N–H and O–H groups in total. The van der Waals surface area contributed by atoms with E-state index in [9.17, 15) is 19.5 Å². The summed E-state index contributed by atoms with van der Waals surface area (Å²) >= 11 is 3.75. The van der Waals surface area contributed by atoms with Gasteiger partial charge in [-0.2, -0.15) is 0 Å². The average Bonchev–Trinajstić information content (AvgIpc) is 3.57. The van der Waals surface area contributed by atoms with Crippen molar-refractivity contribution in [3.63, 3.8) is 0 Å². The summed E-state index contributed by atoms with van der Waals surface area (Å²) in [6, 6.07) is 5.48. The van der Waals surface area contributed by atoms with Crippen LogP contribution in [0.2, 0.25) is 0 Å². The number of anilines is 1. The van der Waals surface area contributed by atoms with Crippen molar-refractivity contribution in [3.05, 3.63) is 49.6 Å². The molecular weight excluding hydrogens is 602 g/mol. The second-order valence-corrected chi connectivity index (χ2v) is 13.1. The monoisotopic (exact) mass is 645 g/mol. The molecule has 3 aliphatic heterocycles. The fraction of sp³-hybridized carbons (Fsp3) is 0.594. The van der Waals surface area contributed by atoms with Crippen LogP contribution in [0.1, 0.15) is 40.0 Å². The number of aliphatic hydroxyl groups excluding tert-OH is 1. The third kappa shape index (κ3) is 5.53. The summed E-state index contributed by atoms with van der Waals surface area (Å²) in [5, 5.41) is 10.6. The number of likely N-dealkylation sites (tertiary alicyclic amines) is 1. The van der Waals surface area contributed by atoms with Gasteiger partial charge in [-0.25, -0.2) is 0 Å². The first-order valence-electron chi connectivity index (χ1n) is 14.8. The molecule has 4 rings (SSSR count). The van der Waals surface area contributed by atoms with Crippen molar-refractivity contribution < 1.29 is 29.0 Å². The highest BCUT2D eigenvalue weighted by molar-refractivity contribution is 9.09. The van der Waals surface area contributed by atoms with E-state index in [-0.39, 0.29) is 41.6 Å². The fourth-order valence-corrected chi connectivity index (χ4v) is 8.07. The number of hydrogen-bond donors (Lipinski definition) is 1. The van der Waals surface area contributed by atoms with Crippen LogP contribution >= 0.6 is 15.9 Å². The van der Waals surface area contributed by atoms with Crippen molar-refractivity contribution in [2.45, 2.75) is 68.6 Å². The van der Waals surface area contributed by atoms with Gasteiger partial charge in [0.1, 0.15) is 17.4 Å². The summed E-state index contributed by atoms with van der Waals surface area (Å²) in [6.07, 6.45) is 4.41. The Balaban J connectivity index is 1.84. The number of amides is 3. The zero-order valence-corrected chi connectivity index (χ0v) is 26.7. The fourth-order valence-electron chi connectivity index (χ4n) is 7.13. The molecule has 2 bridgehead atoms. The van der Waals surface area contributed by atoms with Gasteiger partial charge in [-0.15, -0.1) is 13.2 Å². The molecule has 3 unspecified atom stereocenters. The number of carbonyl (C=O) groups excluding carboxylic acids is 3. The van der Waals surface area contributed by atoms with Gasteiger partial charge in [-0.05, 0) is 49.4 Å². The van der Waals surface area contributed by atoms with Crippen molar-refractivity contribution >= 4 is 39.3 Å². The molecule has 0 saturated carbocycles. The molecule has 0 aliphatic carbocycles. The number of fused-ring (bicyclic) bond motifs is 1. The van der Waals surface area contributed by atoms with E-state index in [0.717, 1.165) is 6.42 Å². The zero-order chi connectivity index (χ0) is 30.8. The molecule has 1 spiro atoms. The van der Waals surface area contributed by atoms with Gasteiger partial charge >= 0.3 is 0 Å². The molecule has 42 heavy (non-hydrogen) atoms. The molecular formula is C32H44BrN3O6. The molecule has 3 aliphatic rings. The molecule has 230 valence electrons. The molecule has 7 atom stereocenters. The van der Waals surface area contributed by atoms with Gasteiger partial charge in [-0.3, -0.25) is 14.4 Å². The standard InChI is InChI=1S/C32H44BrN3O6/c1-7-14-34(15-8-2)29(38)25-26-30(39)36(22(19-37)17-20(4)5)28(32(26)18-24(33)27(25)42-32)31(40)35(16-9-3)21-10-12-23(41-6)13-11-21/h7,9-13,20,22,24-28,37H,1,3,8,14-19H2,2,4-6H3/t22-,24?,25-,26+,27-,28?,32?/m1/s1. The van der Waals surface area contributed by atoms with Crippen molar-refractivity contribution in [3.8, 4) is 5.75 Å². The minimum absolute atomic E-state index is 0.153. The predicted molar refractivity (Wildman–Crippen MR) is 165 cm³/mol. The second-order valence-electron chi connectivity index (χ2n) is 11.9. The molecule has 10 heteroatoms. The van der Waals surface area contributed by atoms with Crippen LogP contribution in [0.3, 0.4) is 0 Å². The van der Waals surface area contributed by atoms with Crippen LogP contribution in [-0.2, 0) is 19.1 Å². The Morgan fingerprint density at radius 2 is 1.88 bits per heavy atom. The van der Waals surface area contributed by atoms with Gasteiger partial charge < -0.3 is 29.3 Å². The van der Waals surface area contributed by atoms with Crippen molar-refractivity contribution in [1.29, 1.82) is 0 Å². The lowest BCUT2D eigenvalue weighted by atomic mass is 9.70. The van der Waals surface area contributed by atoms with E-state index in [1.807, 2.05) is 20.8 Å². The zero-order valence-electron chi connectivity index (χ0n) is 25.1.